The highest BCUT2D eigenvalue weighted by molar-refractivity contribution is 6.36. The molecule has 1 unspecified atom stereocenters. The average Bonchev–Trinajstić information content (AvgIpc) is 3.76. The Kier molecular flexibility index (Phi) is 10.9. The number of imidazole rings is 1. The summed E-state index contributed by atoms with van der Waals surface area (Å²) in [4.78, 5) is 33.9. The Morgan fingerprint density at radius 2 is 1.83 bits per heavy atom. The number of ether oxygens (including phenoxy) is 3. The molecule has 3 aromatic carbocycles. The van der Waals surface area contributed by atoms with Crippen LogP contribution in [0, 0.1) is 18.7 Å². The number of rotatable bonds is 10. The number of carbonyl (C=O) groups is 2. The molecule has 2 fully saturated rings. The average molecular weight is 781 g/mol. The molecule has 3 aliphatic rings. The van der Waals surface area contributed by atoms with E-state index in [-0.39, 0.29) is 29.0 Å². The molecular weight excluding hydrogens is 736 g/mol. The van der Waals surface area contributed by atoms with E-state index in [1.54, 1.807) is 12.1 Å². The van der Waals surface area contributed by atoms with Crippen LogP contribution >= 0.6 is 23.2 Å². The van der Waals surface area contributed by atoms with Crippen molar-refractivity contribution >= 4 is 40.8 Å². The number of methoxy groups -OCH3 is 1. The van der Waals surface area contributed by atoms with Crippen LogP contribution in [0.1, 0.15) is 58.0 Å². The molecule has 1 atom stereocenters. The van der Waals surface area contributed by atoms with Crippen LogP contribution in [0.25, 0.3) is 11.1 Å². The topological polar surface area (TPSA) is 118 Å². The van der Waals surface area contributed by atoms with Gasteiger partial charge in [-0.05, 0) is 55.8 Å². The molecule has 14 heteroatoms. The largest absolute Gasteiger partial charge is 0.493 e. The van der Waals surface area contributed by atoms with Crippen LogP contribution in [0.5, 0.6) is 11.5 Å². The SMILES string of the molecule is COc1c(CN2CCC(C(=O)O)C2)cc(Cl)c(OC2(c3cccc(-c4cccc(NC(=O)c5nc6c(n5C)CCN(C)C6)c4Cl)c3C)CCOCC2)c1F. The van der Waals surface area contributed by atoms with Gasteiger partial charge in [-0.3, -0.25) is 14.5 Å². The van der Waals surface area contributed by atoms with Crippen LogP contribution < -0.4 is 14.8 Å². The quantitative estimate of drug-likeness (QED) is 0.174. The van der Waals surface area contributed by atoms with Gasteiger partial charge in [-0.15, -0.1) is 0 Å². The van der Waals surface area contributed by atoms with Gasteiger partial charge >= 0.3 is 5.97 Å². The van der Waals surface area contributed by atoms with Gasteiger partial charge in [-0.1, -0.05) is 53.5 Å². The Hall–Kier alpha value is -4.20. The Labute approximate surface area is 323 Å². The lowest BCUT2D eigenvalue weighted by atomic mass is 9.81. The molecule has 286 valence electrons. The van der Waals surface area contributed by atoms with Crippen LogP contribution in [0.4, 0.5) is 10.1 Å². The van der Waals surface area contributed by atoms with Gasteiger partial charge < -0.3 is 34.1 Å². The van der Waals surface area contributed by atoms with E-state index in [1.807, 2.05) is 60.8 Å². The van der Waals surface area contributed by atoms with Gasteiger partial charge in [0.25, 0.3) is 5.91 Å². The van der Waals surface area contributed by atoms with E-state index in [0.717, 1.165) is 41.0 Å². The molecule has 1 amide bonds. The van der Waals surface area contributed by atoms with Gasteiger partial charge in [-0.2, -0.15) is 4.39 Å². The van der Waals surface area contributed by atoms with Crippen LogP contribution in [0.15, 0.2) is 42.5 Å². The van der Waals surface area contributed by atoms with E-state index in [4.69, 9.17) is 37.4 Å². The third-order valence-corrected chi connectivity index (χ3v) is 11.7. The van der Waals surface area contributed by atoms with E-state index in [1.165, 1.54) is 7.11 Å². The molecule has 4 heterocycles. The molecule has 4 aromatic rings. The lowest BCUT2D eigenvalue weighted by Crippen LogP contribution is -2.40. The molecule has 0 saturated carbocycles. The molecule has 3 aliphatic heterocycles. The molecule has 0 aliphatic carbocycles. The number of carboxylic acids is 1. The predicted octanol–water partition coefficient (Wildman–Crippen LogP) is 7.08. The van der Waals surface area contributed by atoms with Crippen LogP contribution in [0.2, 0.25) is 10.0 Å². The number of hydrogen-bond acceptors (Lipinski definition) is 8. The van der Waals surface area contributed by atoms with E-state index < -0.39 is 23.3 Å². The second-order valence-electron chi connectivity index (χ2n) is 14.4. The third kappa shape index (κ3) is 7.17. The predicted molar refractivity (Wildman–Crippen MR) is 204 cm³/mol. The summed E-state index contributed by atoms with van der Waals surface area (Å²) in [5.74, 6) is -2.18. The minimum Gasteiger partial charge on any atom is -0.493 e. The van der Waals surface area contributed by atoms with Crippen molar-refractivity contribution in [2.24, 2.45) is 13.0 Å². The van der Waals surface area contributed by atoms with Crippen LogP contribution in [-0.4, -0.2) is 83.3 Å². The summed E-state index contributed by atoms with van der Waals surface area (Å²) >= 11 is 13.9. The summed E-state index contributed by atoms with van der Waals surface area (Å²) < 4.78 is 36.4. The normalized spacial score (nSPS) is 18.7. The Bertz CT molecular complexity index is 2100. The lowest BCUT2D eigenvalue weighted by molar-refractivity contribution is -0.141. The fourth-order valence-electron chi connectivity index (χ4n) is 8.10. The number of aromatic nitrogens is 2. The molecule has 0 radical (unpaired) electrons. The second-order valence-corrected chi connectivity index (χ2v) is 15.2. The van der Waals surface area contributed by atoms with Crippen molar-refractivity contribution in [1.82, 2.24) is 19.4 Å². The lowest BCUT2D eigenvalue weighted by Gasteiger charge is -2.40. The number of anilines is 1. The number of hydrogen-bond donors (Lipinski definition) is 2. The molecule has 2 N–H and O–H groups in total. The summed E-state index contributed by atoms with van der Waals surface area (Å²) in [5, 5.41) is 12.9. The molecule has 1 aromatic heterocycles. The van der Waals surface area contributed by atoms with Gasteiger partial charge in [0.15, 0.2) is 17.3 Å². The van der Waals surface area contributed by atoms with Crippen LogP contribution in [-0.2, 0) is 41.7 Å². The number of likely N-dealkylation sites (N-methyl/N-ethyl adjacent to an activating group) is 1. The number of carbonyl (C=O) groups excluding carboxylic acids is 1. The first-order valence-corrected chi connectivity index (χ1v) is 18.9. The highest BCUT2D eigenvalue weighted by Gasteiger charge is 2.41. The monoisotopic (exact) mass is 779 g/mol. The van der Waals surface area contributed by atoms with Gasteiger partial charge in [0.1, 0.15) is 5.60 Å². The molecule has 0 spiro atoms. The summed E-state index contributed by atoms with van der Waals surface area (Å²) in [7, 11) is 5.29. The van der Waals surface area contributed by atoms with Gasteiger partial charge in [0, 0.05) is 69.3 Å². The van der Waals surface area contributed by atoms with Gasteiger partial charge in [0.2, 0.25) is 5.82 Å². The number of fused-ring (bicyclic) bond motifs is 1. The number of carboxylic acid groups (broad SMARTS) is 1. The number of aliphatic carboxylic acids is 1. The molecule has 0 bridgehead atoms. The number of benzene rings is 3. The Balaban J connectivity index is 1.19. The third-order valence-electron chi connectivity index (χ3n) is 11.0. The number of likely N-dealkylation sites (tertiary alicyclic amines) is 1. The minimum atomic E-state index is -1.01. The maximum Gasteiger partial charge on any atom is 0.307 e. The maximum atomic E-state index is 16.5. The molecule has 2 saturated heterocycles. The van der Waals surface area contributed by atoms with E-state index in [9.17, 15) is 14.7 Å². The zero-order valence-electron chi connectivity index (χ0n) is 30.8. The van der Waals surface area contributed by atoms with Crippen molar-refractivity contribution in [1.29, 1.82) is 0 Å². The fourth-order valence-corrected chi connectivity index (χ4v) is 8.63. The molecule has 7 rings (SSSR count). The second kappa shape index (κ2) is 15.5. The van der Waals surface area contributed by atoms with Crippen molar-refractivity contribution in [3.05, 3.63) is 92.2 Å². The summed E-state index contributed by atoms with van der Waals surface area (Å²) in [6.45, 7) is 5.54. The summed E-state index contributed by atoms with van der Waals surface area (Å²) in [5.41, 5.74) is 5.14. The fraction of sp³-hybridized carbons (Fsp3) is 0.425. The number of nitrogens with one attached hydrogen (secondary N) is 1. The van der Waals surface area contributed by atoms with E-state index in [2.05, 4.69) is 15.2 Å². The Morgan fingerprint density at radius 3 is 2.56 bits per heavy atom. The first-order chi connectivity index (χ1) is 25.9. The summed E-state index contributed by atoms with van der Waals surface area (Å²) in [6, 6.07) is 13.0. The smallest absolute Gasteiger partial charge is 0.307 e. The van der Waals surface area contributed by atoms with Gasteiger partial charge in [-0.25, -0.2) is 4.98 Å². The highest BCUT2D eigenvalue weighted by atomic mass is 35.5. The molecular formula is C40H44Cl2FN5O6. The van der Waals surface area contributed by atoms with E-state index in [0.29, 0.717) is 79.8 Å². The number of halogens is 3. The number of amides is 1. The van der Waals surface area contributed by atoms with Crippen molar-refractivity contribution in [3.8, 4) is 22.6 Å². The van der Waals surface area contributed by atoms with E-state index >= 15 is 4.39 Å². The molecule has 54 heavy (non-hydrogen) atoms. The minimum absolute atomic E-state index is 0.00421. The van der Waals surface area contributed by atoms with Gasteiger partial charge in [0.05, 0.1) is 47.7 Å². The molecule has 11 nitrogen and oxygen atoms in total. The maximum absolute atomic E-state index is 16.5. The first-order valence-electron chi connectivity index (χ1n) is 18.1. The summed E-state index contributed by atoms with van der Waals surface area (Å²) in [6.07, 6.45) is 2.19. The standard InChI is InChI=1S/C40H44Cl2FN5O6/c1-23-26(27-8-6-10-30(33(27)42)45-38(49)37-44-31-22-46(2)15-12-32(31)47(37)3)7-5-9-28(23)40(13-17-53-18-14-40)54-36-29(41)19-25(35(52-4)34(36)43)21-48-16-11-24(20-48)39(50)51/h5-10,19,24H,11-18,20-22H2,1-4H3,(H,45,49)(H,50,51). The van der Waals surface area contributed by atoms with Crippen molar-refractivity contribution in [2.45, 2.75) is 51.3 Å². The van der Waals surface area contributed by atoms with Crippen molar-refractivity contribution in [2.75, 3.05) is 52.3 Å². The zero-order chi connectivity index (χ0) is 38.3. The Morgan fingerprint density at radius 1 is 1.09 bits per heavy atom. The zero-order valence-corrected chi connectivity index (χ0v) is 32.3. The first kappa shape index (κ1) is 38.1. The van der Waals surface area contributed by atoms with Crippen LogP contribution in [0.3, 0.4) is 0 Å². The number of nitrogens with zero attached hydrogens (tertiary/aromatic N) is 4. The van der Waals surface area contributed by atoms with Crippen molar-refractivity contribution < 1.29 is 33.3 Å². The highest BCUT2D eigenvalue weighted by Crippen LogP contribution is 2.47. The van der Waals surface area contributed by atoms with Crippen molar-refractivity contribution in [3.63, 3.8) is 0 Å².